The highest BCUT2D eigenvalue weighted by atomic mass is 35.5. The van der Waals surface area contributed by atoms with Crippen LogP contribution in [0.3, 0.4) is 0 Å². The van der Waals surface area contributed by atoms with Gasteiger partial charge in [0.25, 0.3) is 0 Å². The van der Waals surface area contributed by atoms with Crippen molar-refractivity contribution in [2.45, 2.75) is 11.8 Å². The fraction of sp³-hybridized carbons (Fsp3) is 0.167. The van der Waals surface area contributed by atoms with Gasteiger partial charge >= 0.3 is 5.97 Å². The Morgan fingerprint density at radius 2 is 2.24 bits per heavy atom. The first-order chi connectivity index (χ1) is 8.06. The molecule has 0 saturated carbocycles. The molecule has 1 heterocycles. The van der Waals surface area contributed by atoms with Crippen molar-refractivity contribution < 1.29 is 9.90 Å². The Kier molecular flexibility index (Phi) is 3.54. The number of hydrogen-bond donors (Lipinski definition) is 1. The zero-order valence-corrected chi connectivity index (χ0v) is 10.7. The monoisotopic (exact) mass is 267 g/mol. The Morgan fingerprint density at radius 1 is 1.47 bits per heavy atom. The molecule has 0 aliphatic carbocycles. The highest BCUT2D eigenvalue weighted by Crippen LogP contribution is 2.29. The van der Waals surface area contributed by atoms with Crippen molar-refractivity contribution in [1.29, 1.82) is 0 Å². The quantitative estimate of drug-likeness (QED) is 0.867. The molecule has 0 unspecified atom stereocenters. The Morgan fingerprint density at radius 3 is 2.94 bits per heavy atom. The SMILES string of the molecule is Cc1cc(SCC(=O)O)c2ccc(Cl)cc2n1. The van der Waals surface area contributed by atoms with Crippen molar-refractivity contribution in [3.8, 4) is 0 Å². The van der Waals surface area contributed by atoms with Crippen molar-refractivity contribution in [1.82, 2.24) is 4.98 Å². The van der Waals surface area contributed by atoms with Gasteiger partial charge in [0.15, 0.2) is 0 Å². The lowest BCUT2D eigenvalue weighted by atomic mass is 10.2. The zero-order valence-electron chi connectivity index (χ0n) is 9.11. The second-order valence-electron chi connectivity index (χ2n) is 3.61. The van der Waals surface area contributed by atoms with Crippen molar-refractivity contribution in [3.05, 3.63) is 35.0 Å². The molecule has 1 N–H and O–H groups in total. The van der Waals surface area contributed by atoms with Crippen LogP contribution < -0.4 is 0 Å². The molecule has 3 nitrogen and oxygen atoms in total. The lowest BCUT2D eigenvalue weighted by molar-refractivity contribution is -0.133. The molecular formula is C12H10ClNO2S. The molecular weight excluding hydrogens is 258 g/mol. The molecule has 17 heavy (non-hydrogen) atoms. The Hall–Kier alpha value is -1.26. The Labute approximate surface area is 108 Å². The van der Waals surface area contributed by atoms with Crippen LogP contribution in [0.1, 0.15) is 5.69 Å². The van der Waals surface area contributed by atoms with Crippen LogP contribution in [0.25, 0.3) is 10.9 Å². The van der Waals surface area contributed by atoms with Crippen LogP contribution in [0.5, 0.6) is 0 Å². The lowest BCUT2D eigenvalue weighted by Crippen LogP contribution is -1.98. The van der Waals surface area contributed by atoms with E-state index in [-0.39, 0.29) is 5.75 Å². The van der Waals surface area contributed by atoms with Gasteiger partial charge < -0.3 is 5.11 Å². The number of halogens is 1. The molecule has 1 aromatic heterocycles. The summed E-state index contributed by atoms with van der Waals surface area (Å²) in [6.07, 6.45) is 0. The van der Waals surface area contributed by atoms with Gasteiger partial charge in [-0.05, 0) is 25.1 Å². The molecule has 88 valence electrons. The highest BCUT2D eigenvalue weighted by molar-refractivity contribution is 8.00. The van der Waals surface area contributed by atoms with Crippen LogP contribution in [0.2, 0.25) is 5.02 Å². The number of aromatic nitrogens is 1. The van der Waals surface area contributed by atoms with Gasteiger partial charge in [0.1, 0.15) is 0 Å². The molecule has 0 radical (unpaired) electrons. The molecule has 0 fully saturated rings. The minimum Gasteiger partial charge on any atom is -0.481 e. The number of pyridine rings is 1. The van der Waals surface area contributed by atoms with Gasteiger partial charge in [-0.3, -0.25) is 9.78 Å². The van der Waals surface area contributed by atoms with Crippen LogP contribution in [0, 0.1) is 6.92 Å². The van der Waals surface area contributed by atoms with E-state index >= 15 is 0 Å². The topological polar surface area (TPSA) is 50.2 Å². The summed E-state index contributed by atoms with van der Waals surface area (Å²) in [5, 5.41) is 10.3. The average Bonchev–Trinajstić information content (AvgIpc) is 2.24. The number of aliphatic carboxylic acids is 1. The number of nitrogens with zero attached hydrogens (tertiary/aromatic N) is 1. The van der Waals surface area contributed by atoms with Crippen molar-refractivity contribution in [3.63, 3.8) is 0 Å². The van der Waals surface area contributed by atoms with Gasteiger partial charge in [-0.25, -0.2) is 0 Å². The predicted octanol–water partition coefficient (Wildman–Crippen LogP) is 3.37. The van der Waals surface area contributed by atoms with Gasteiger partial charge in [0.2, 0.25) is 0 Å². The number of thioether (sulfide) groups is 1. The maximum Gasteiger partial charge on any atom is 0.313 e. The van der Waals surface area contributed by atoms with Gasteiger partial charge in [0, 0.05) is 21.0 Å². The van der Waals surface area contributed by atoms with E-state index in [9.17, 15) is 4.79 Å². The molecule has 0 saturated heterocycles. The summed E-state index contributed by atoms with van der Waals surface area (Å²) in [6, 6.07) is 7.33. The van der Waals surface area contributed by atoms with Crippen molar-refractivity contribution in [2.24, 2.45) is 0 Å². The summed E-state index contributed by atoms with van der Waals surface area (Å²) < 4.78 is 0. The van der Waals surface area contributed by atoms with Gasteiger partial charge in [-0.2, -0.15) is 0 Å². The molecule has 2 rings (SSSR count). The van der Waals surface area contributed by atoms with Crippen LogP contribution >= 0.6 is 23.4 Å². The first-order valence-corrected chi connectivity index (χ1v) is 6.34. The van der Waals surface area contributed by atoms with E-state index in [4.69, 9.17) is 16.7 Å². The van der Waals surface area contributed by atoms with Crippen molar-refractivity contribution >= 4 is 40.2 Å². The predicted molar refractivity (Wildman–Crippen MR) is 69.8 cm³/mol. The number of carboxylic acid groups (broad SMARTS) is 1. The Bertz CT molecular complexity index is 581. The summed E-state index contributed by atoms with van der Waals surface area (Å²) in [7, 11) is 0. The third kappa shape index (κ3) is 2.90. The fourth-order valence-corrected chi connectivity index (χ4v) is 2.58. The highest BCUT2D eigenvalue weighted by Gasteiger charge is 2.07. The summed E-state index contributed by atoms with van der Waals surface area (Å²) in [5.41, 5.74) is 1.65. The maximum absolute atomic E-state index is 10.6. The normalized spacial score (nSPS) is 10.7. The number of rotatable bonds is 3. The summed E-state index contributed by atoms with van der Waals surface area (Å²) in [5.74, 6) is -0.784. The Balaban J connectivity index is 2.50. The van der Waals surface area contributed by atoms with E-state index in [0.29, 0.717) is 5.02 Å². The molecule has 0 atom stereocenters. The number of carboxylic acids is 1. The van der Waals surface area contributed by atoms with Crippen LogP contribution in [0.15, 0.2) is 29.2 Å². The molecule has 5 heteroatoms. The van der Waals surface area contributed by atoms with Crippen molar-refractivity contribution in [2.75, 3.05) is 5.75 Å². The average molecular weight is 268 g/mol. The van der Waals surface area contributed by atoms with E-state index in [0.717, 1.165) is 21.5 Å². The lowest BCUT2D eigenvalue weighted by Gasteiger charge is -2.06. The smallest absolute Gasteiger partial charge is 0.313 e. The summed E-state index contributed by atoms with van der Waals surface area (Å²) >= 11 is 7.21. The van der Waals surface area contributed by atoms with E-state index in [2.05, 4.69) is 4.98 Å². The third-order valence-electron chi connectivity index (χ3n) is 2.21. The van der Waals surface area contributed by atoms with Crippen LogP contribution in [-0.4, -0.2) is 21.8 Å². The minimum atomic E-state index is -0.827. The second-order valence-corrected chi connectivity index (χ2v) is 5.06. The number of hydrogen-bond acceptors (Lipinski definition) is 3. The molecule has 0 bridgehead atoms. The van der Waals surface area contributed by atoms with E-state index in [1.165, 1.54) is 11.8 Å². The van der Waals surface area contributed by atoms with Gasteiger partial charge in [0.05, 0.1) is 11.3 Å². The molecule has 0 aliphatic rings. The largest absolute Gasteiger partial charge is 0.481 e. The molecule has 0 amide bonds. The summed E-state index contributed by atoms with van der Waals surface area (Å²) in [4.78, 5) is 15.9. The third-order valence-corrected chi connectivity index (χ3v) is 3.49. The summed E-state index contributed by atoms with van der Waals surface area (Å²) in [6.45, 7) is 1.88. The second kappa shape index (κ2) is 4.94. The molecule has 0 spiro atoms. The molecule has 1 aromatic carbocycles. The first kappa shape index (κ1) is 12.2. The first-order valence-electron chi connectivity index (χ1n) is 4.98. The van der Waals surface area contributed by atoms with Crippen LogP contribution in [0.4, 0.5) is 0 Å². The van der Waals surface area contributed by atoms with Crippen LogP contribution in [-0.2, 0) is 4.79 Å². The number of aryl methyl sites for hydroxylation is 1. The number of fused-ring (bicyclic) bond motifs is 1. The van der Waals surface area contributed by atoms with Gasteiger partial charge in [-0.15, -0.1) is 11.8 Å². The van der Waals surface area contributed by atoms with Gasteiger partial charge in [-0.1, -0.05) is 17.7 Å². The van der Waals surface area contributed by atoms with E-state index < -0.39 is 5.97 Å². The van der Waals surface area contributed by atoms with E-state index in [1.54, 1.807) is 12.1 Å². The standard InChI is InChI=1S/C12H10ClNO2S/c1-7-4-11(17-6-12(15)16)9-3-2-8(13)5-10(9)14-7/h2-5H,6H2,1H3,(H,15,16). The van der Waals surface area contributed by atoms with E-state index in [1.807, 2.05) is 19.1 Å². The number of carbonyl (C=O) groups is 1. The maximum atomic E-state index is 10.6. The minimum absolute atomic E-state index is 0.0428. The fourth-order valence-electron chi connectivity index (χ4n) is 1.55. The molecule has 2 aromatic rings. The zero-order chi connectivity index (χ0) is 12.4. The molecule has 0 aliphatic heterocycles. The number of benzene rings is 1.